The van der Waals surface area contributed by atoms with E-state index in [0.717, 1.165) is 32.1 Å². The van der Waals surface area contributed by atoms with Gasteiger partial charge in [0, 0.05) is 33.0 Å². The number of rotatable bonds is 20. The Morgan fingerprint density at radius 2 is 1.46 bits per heavy atom. The zero-order valence-corrected chi connectivity index (χ0v) is 22.4. The van der Waals surface area contributed by atoms with Gasteiger partial charge >= 0.3 is 11.9 Å². The van der Waals surface area contributed by atoms with Crippen LogP contribution in [-0.2, 0) is 19.1 Å². The molecule has 2 atom stereocenters. The molecule has 0 spiro atoms. The Kier molecular flexibility index (Phi) is 16.3. The van der Waals surface area contributed by atoms with Crippen LogP contribution in [0, 0.1) is 5.92 Å². The molecule has 0 unspecified atom stereocenters. The summed E-state index contributed by atoms with van der Waals surface area (Å²) in [6.45, 7) is 6.99. The number of aliphatic carboxylic acids is 1. The van der Waals surface area contributed by atoms with Gasteiger partial charge in [-0.25, -0.2) is 13.6 Å². The second-order valence-electron chi connectivity index (χ2n) is 10.4. The first-order valence-corrected chi connectivity index (χ1v) is 13.0. The third-order valence-corrected chi connectivity index (χ3v) is 5.86. The first kappa shape index (κ1) is 33.5. The standard InChI is InChI=1S/C27H48F2O6/c1-6-7-8-12-15-18-26(28,29)19-16-13-10-9-11-14-17-22(23(30)31)27(33,20-21-34-5)24(32)35-25(2,3)4/h14,17,22,33H,6-13,15-16,18-21H2,1-5H3,(H,30,31)/t22-,27+/m1/s1. The Balaban J connectivity index is 4.63. The predicted octanol–water partition coefficient (Wildman–Crippen LogP) is 6.69. The van der Waals surface area contributed by atoms with Crippen LogP contribution in [0.3, 0.4) is 0 Å². The van der Waals surface area contributed by atoms with Gasteiger partial charge in [0.2, 0.25) is 5.92 Å². The van der Waals surface area contributed by atoms with Crippen LogP contribution >= 0.6 is 0 Å². The largest absolute Gasteiger partial charge is 0.481 e. The number of carboxylic acids is 1. The van der Waals surface area contributed by atoms with E-state index in [9.17, 15) is 28.6 Å². The number of halogens is 2. The number of methoxy groups -OCH3 is 1. The highest BCUT2D eigenvalue weighted by atomic mass is 19.3. The second kappa shape index (κ2) is 17.0. The Labute approximate surface area is 210 Å². The molecule has 2 N–H and O–H groups in total. The number of esters is 1. The summed E-state index contributed by atoms with van der Waals surface area (Å²) in [5.74, 6) is -6.45. The summed E-state index contributed by atoms with van der Waals surface area (Å²) in [7, 11) is 1.39. The fourth-order valence-electron chi connectivity index (χ4n) is 3.80. The Bertz CT molecular complexity index is 630. The van der Waals surface area contributed by atoms with Crippen molar-refractivity contribution in [2.45, 2.75) is 128 Å². The van der Waals surface area contributed by atoms with Crippen LogP contribution in [-0.4, -0.2) is 53.0 Å². The highest BCUT2D eigenvalue weighted by molar-refractivity contribution is 5.88. The molecule has 0 saturated heterocycles. The third-order valence-electron chi connectivity index (χ3n) is 5.86. The summed E-state index contributed by atoms with van der Waals surface area (Å²) in [6.07, 6.45) is 10.3. The van der Waals surface area contributed by atoms with Crippen molar-refractivity contribution < 1.29 is 38.1 Å². The Morgan fingerprint density at radius 3 is 1.94 bits per heavy atom. The monoisotopic (exact) mass is 506 g/mol. The lowest BCUT2D eigenvalue weighted by Gasteiger charge is -2.33. The van der Waals surface area contributed by atoms with Gasteiger partial charge in [0.25, 0.3) is 0 Å². The van der Waals surface area contributed by atoms with E-state index in [4.69, 9.17) is 9.47 Å². The molecule has 0 saturated carbocycles. The number of ether oxygens (including phenoxy) is 2. The quantitative estimate of drug-likeness (QED) is 0.109. The van der Waals surface area contributed by atoms with Gasteiger partial charge in [-0.2, -0.15) is 0 Å². The van der Waals surface area contributed by atoms with Gasteiger partial charge in [0.1, 0.15) is 11.5 Å². The minimum absolute atomic E-state index is 0.0171. The van der Waals surface area contributed by atoms with Crippen LogP contribution in [0.5, 0.6) is 0 Å². The molecular weight excluding hydrogens is 458 g/mol. The summed E-state index contributed by atoms with van der Waals surface area (Å²) < 4.78 is 38.1. The molecule has 0 aliphatic carbocycles. The highest BCUT2D eigenvalue weighted by Gasteiger charge is 2.49. The van der Waals surface area contributed by atoms with E-state index in [1.807, 2.05) is 0 Å². The molecule has 0 aromatic heterocycles. The normalized spacial score (nSPS) is 15.2. The average Bonchev–Trinajstić information content (AvgIpc) is 2.74. The number of carbonyl (C=O) groups is 2. The minimum Gasteiger partial charge on any atom is -0.481 e. The SMILES string of the molecule is CCCCCCCC(F)(F)CCCCCCC=C[C@H](C(=O)O)[C@@](O)(CCOC)C(=O)OC(C)(C)C. The maximum Gasteiger partial charge on any atom is 0.339 e. The number of unbranched alkanes of at least 4 members (excludes halogenated alkanes) is 8. The number of alkyl halides is 2. The molecule has 0 heterocycles. The number of allylic oxidation sites excluding steroid dienone is 1. The van der Waals surface area contributed by atoms with Crippen molar-refractivity contribution in [1.29, 1.82) is 0 Å². The number of hydrogen-bond donors (Lipinski definition) is 2. The topological polar surface area (TPSA) is 93.1 Å². The van der Waals surface area contributed by atoms with E-state index in [0.29, 0.717) is 32.1 Å². The summed E-state index contributed by atoms with van der Waals surface area (Å²) in [4.78, 5) is 24.5. The lowest BCUT2D eigenvalue weighted by Crippen LogP contribution is -2.52. The Hall–Kier alpha value is -1.54. The highest BCUT2D eigenvalue weighted by Crippen LogP contribution is 2.30. The molecule has 0 aromatic rings. The van der Waals surface area contributed by atoms with Gasteiger partial charge < -0.3 is 19.7 Å². The molecule has 35 heavy (non-hydrogen) atoms. The van der Waals surface area contributed by atoms with Crippen molar-refractivity contribution in [1.82, 2.24) is 0 Å². The average molecular weight is 507 g/mol. The van der Waals surface area contributed by atoms with Crippen molar-refractivity contribution in [2.75, 3.05) is 13.7 Å². The van der Waals surface area contributed by atoms with Crippen LogP contribution in [0.15, 0.2) is 12.2 Å². The zero-order chi connectivity index (χ0) is 27.0. The van der Waals surface area contributed by atoms with E-state index in [-0.39, 0.29) is 25.9 Å². The van der Waals surface area contributed by atoms with E-state index < -0.39 is 35.0 Å². The number of aliphatic hydroxyl groups is 1. The molecule has 0 aromatic carbocycles. The number of carboxylic acid groups (broad SMARTS) is 1. The molecule has 0 aliphatic rings. The molecule has 0 bridgehead atoms. The maximum atomic E-state index is 14.0. The van der Waals surface area contributed by atoms with Gasteiger partial charge in [-0.05, 0) is 46.5 Å². The van der Waals surface area contributed by atoms with Crippen molar-refractivity contribution in [3.8, 4) is 0 Å². The molecular formula is C27H48F2O6. The van der Waals surface area contributed by atoms with Crippen LogP contribution < -0.4 is 0 Å². The summed E-state index contributed by atoms with van der Waals surface area (Å²) >= 11 is 0. The zero-order valence-electron chi connectivity index (χ0n) is 22.4. The maximum absolute atomic E-state index is 14.0. The van der Waals surface area contributed by atoms with Crippen LogP contribution in [0.2, 0.25) is 0 Å². The molecule has 206 valence electrons. The minimum atomic E-state index is -2.60. The molecule has 6 nitrogen and oxygen atoms in total. The second-order valence-corrected chi connectivity index (χ2v) is 10.4. The van der Waals surface area contributed by atoms with Gasteiger partial charge in [-0.3, -0.25) is 4.79 Å². The van der Waals surface area contributed by atoms with Gasteiger partial charge in [-0.15, -0.1) is 0 Å². The van der Waals surface area contributed by atoms with Crippen molar-refractivity contribution in [3.63, 3.8) is 0 Å². The van der Waals surface area contributed by atoms with Crippen LogP contribution in [0.25, 0.3) is 0 Å². The van der Waals surface area contributed by atoms with E-state index >= 15 is 0 Å². The van der Waals surface area contributed by atoms with Crippen molar-refractivity contribution in [2.24, 2.45) is 5.92 Å². The first-order valence-electron chi connectivity index (χ1n) is 13.0. The molecule has 8 heteroatoms. The smallest absolute Gasteiger partial charge is 0.339 e. The van der Waals surface area contributed by atoms with Gasteiger partial charge in [-0.1, -0.05) is 57.6 Å². The van der Waals surface area contributed by atoms with Crippen molar-refractivity contribution >= 4 is 11.9 Å². The lowest BCUT2D eigenvalue weighted by molar-refractivity contribution is -0.188. The number of hydrogen-bond acceptors (Lipinski definition) is 5. The van der Waals surface area contributed by atoms with Crippen LogP contribution in [0.4, 0.5) is 8.78 Å². The van der Waals surface area contributed by atoms with E-state index in [2.05, 4.69) is 6.92 Å². The first-order chi connectivity index (χ1) is 16.3. The molecule has 0 fully saturated rings. The predicted molar refractivity (Wildman–Crippen MR) is 134 cm³/mol. The van der Waals surface area contributed by atoms with Gasteiger partial charge in [0.05, 0.1) is 0 Å². The molecule has 0 radical (unpaired) electrons. The van der Waals surface area contributed by atoms with E-state index in [1.165, 1.54) is 13.2 Å². The lowest BCUT2D eigenvalue weighted by atomic mass is 9.83. The van der Waals surface area contributed by atoms with Gasteiger partial charge in [0.15, 0.2) is 5.60 Å². The Morgan fingerprint density at radius 1 is 0.914 bits per heavy atom. The summed E-state index contributed by atoms with van der Waals surface area (Å²) in [5, 5.41) is 20.7. The van der Waals surface area contributed by atoms with Crippen molar-refractivity contribution in [3.05, 3.63) is 12.2 Å². The van der Waals surface area contributed by atoms with Crippen LogP contribution in [0.1, 0.15) is 111 Å². The molecule has 0 aliphatic heterocycles. The molecule has 0 rings (SSSR count). The molecule has 0 amide bonds. The fraction of sp³-hybridized carbons (Fsp3) is 0.852. The van der Waals surface area contributed by atoms with E-state index in [1.54, 1.807) is 26.8 Å². The number of carbonyl (C=O) groups excluding carboxylic acids is 1. The summed E-state index contributed by atoms with van der Waals surface area (Å²) in [6, 6.07) is 0. The summed E-state index contributed by atoms with van der Waals surface area (Å²) in [5.41, 5.74) is -3.16. The third kappa shape index (κ3) is 15.2. The fourth-order valence-corrected chi connectivity index (χ4v) is 3.80.